The van der Waals surface area contributed by atoms with Crippen LogP contribution in [0.1, 0.15) is 20.2 Å². The SMILES string of the molecule is COC(=O)c1cnc(NC(=O)c2ccc(=O)n(C)n2)s1. The number of rotatable bonds is 3. The Morgan fingerprint density at radius 3 is 2.80 bits per heavy atom. The molecule has 20 heavy (non-hydrogen) atoms. The summed E-state index contributed by atoms with van der Waals surface area (Å²) in [7, 11) is 2.70. The third-order valence-corrected chi connectivity index (χ3v) is 3.20. The molecule has 1 N–H and O–H groups in total. The molecule has 0 bridgehead atoms. The first kappa shape index (κ1) is 13.9. The summed E-state index contributed by atoms with van der Waals surface area (Å²) in [5.41, 5.74) is -0.245. The molecule has 0 saturated carbocycles. The van der Waals surface area contributed by atoms with Crippen LogP contribution in [0.4, 0.5) is 5.13 Å². The second-order valence-electron chi connectivity index (χ2n) is 3.66. The van der Waals surface area contributed by atoms with Gasteiger partial charge in [-0.1, -0.05) is 11.3 Å². The Morgan fingerprint density at radius 2 is 2.15 bits per heavy atom. The van der Waals surface area contributed by atoms with Crippen molar-refractivity contribution in [3.63, 3.8) is 0 Å². The van der Waals surface area contributed by atoms with Crippen LogP contribution in [0.3, 0.4) is 0 Å². The molecule has 0 fully saturated rings. The van der Waals surface area contributed by atoms with Gasteiger partial charge in [0.2, 0.25) is 0 Å². The lowest BCUT2D eigenvalue weighted by Gasteiger charge is -2.01. The van der Waals surface area contributed by atoms with Gasteiger partial charge in [0.25, 0.3) is 11.5 Å². The molecule has 2 aromatic heterocycles. The molecule has 0 spiro atoms. The smallest absolute Gasteiger partial charge is 0.349 e. The largest absolute Gasteiger partial charge is 0.465 e. The van der Waals surface area contributed by atoms with Crippen molar-refractivity contribution >= 4 is 28.3 Å². The summed E-state index contributed by atoms with van der Waals surface area (Å²) in [6.45, 7) is 0. The van der Waals surface area contributed by atoms with Crippen molar-refractivity contribution in [3.05, 3.63) is 39.3 Å². The van der Waals surface area contributed by atoms with Crippen molar-refractivity contribution in [3.8, 4) is 0 Å². The van der Waals surface area contributed by atoms with Crippen LogP contribution in [0.5, 0.6) is 0 Å². The number of methoxy groups -OCH3 is 1. The summed E-state index contributed by atoms with van der Waals surface area (Å²) in [5, 5.41) is 6.53. The Balaban J connectivity index is 2.15. The van der Waals surface area contributed by atoms with Crippen molar-refractivity contribution in [2.24, 2.45) is 7.05 Å². The van der Waals surface area contributed by atoms with Crippen LogP contribution in [0.2, 0.25) is 0 Å². The predicted molar refractivity (Wildman–Crippen MR) is 70.9 cm³/mol. The van der Waals surface area contributed by atoms with E-state index >= 15 is 0 Å². The van der Waals surface area contributed by atoms with Crippen LogP contribution in [0, 0.1) is 0 Å². The van der Waals surface area contributed by atoms with Gasteiger partial charge in [0.15, 0.2) is 5.13 Å². The molecule has 0 saturated heterocycles. The zero-order chi connectivity index (χ0) is 14.7. The number of carbonyl (C=O) groups excluding carboxylic acids is 2. The highest BCUT2D eigenvalue weighted by Crippen LogP contribution is 2.19. The monoisotopic (exact) mass is 294 g/mol. The van der Waals surface area contributed by atoms with Gasteiger partial charge in [0.05, 0.1) is 13.3 Å². The van der Waals surface area contributed by atoms with E-state index in [4.69, 9.17) is 0 Å². The number of hydrogen-bond acceptors (Lipinski definition) is 7. The highest BCUT2D eigenvalue weighted by atomic mass is 32.1. The third kappa shape index (κ3) is 2.88. The van der Waals surface area contributed by atoms with Crippen LogP contribution >= 0.6 is 11.3 Å². The molecule has 1 amide bonds. The Hall–Kier alpha value is -2.55. The second kappa shape index (κ2) is 5.61. The normalized spacial score (nSPS) is 10.1. The minimum atomic E-state index is -0.525. The number of hydrogen-bond donors (Lipinski definition) is 1. The number of carbonyl (C=O) groups is 2. The first-order valence-electron chi connectivity index (χ1n) is 5.41. The molecule has 104 valence electrons. The number of nitrogens with one attached hydrogen (secondary N) is 1. The summed E-state index contributed by atoms with van der Waals surface area (Å²) in [4.78, 5) is 38.5. The van der Waals surface area contributed by atoms with Gasteiger partial charge in [-0.3, -0.25) is 14.9 Å². The van der Waals surface area contributed by atoms with Crippen molar-refractivity contribution in [1.82, 2.24) is 14.8 Å². The van der Waals surface area contributed by atoms with Gasteiger partial charge in [0.1, 0.15) is 10.6 Å². The van der Waals surface area contributed by atoms with Crippen molar-refractivity contribution in [1.29, 1.82) is 0 Å². The van der Waals surface area contributed by atoms with E-state index in [1.165, 1.54) is 32.5 Å². The number of esters is 1. The molecular formula is C11H10N4O4S. The minimum Gasteiger partial charge on any atom is -0.465 e. The quantitative estimate of drug-likeness (QED) is 0.815. The summed E-state index contributed by atoms with van der Waals surface area (Å²) in [6.07, 6.45) is 1.31. The zero-order valence-corrected chi connectivity index (χ0v) is 11.4. The molecule has 2 rings (SSSR count). The summed E-state index contributed by atoms with van der Waals surface area (Å²) < 4.78 is 5.59. The van der Waals surface area contributed by atoms with E-state index in [1.54, 1.807) is 0 Å². The number of amides is 1. The number of thiazole rings is 1. The topological polar surface area (TPSA) is 103 Å². The molecule has 0 radical (unpaired) electrons. The van der Waals surface area contributed by atoms with Crippen molar-refractivity contribution in [2.45, 2.75) is 0 Å². The van der Waals surface area contributed by atoms with E-state index in [1.807, 2.05) is 0 Å². The predicted octanol–water partition coefficient (Wildman–Crippen LogP) is 0.276. The highest BCUT2D eigenvalue weighted by molar-refractivity contribution is 7.17. The van der Waals surface area contributed by atoms with Gasteiger partial charge in [-0.25, -0.2) is 14.5 Å². The molecule has 0 aromatic carbocycles. The zero-order valence-electron chi connectivity index (χ0n) is 10.6. The van der Waals surface area contributed by atoms with Gasteiger partial charge < -0.3 is 4.74 Å². The highest BCUT2D eigenvalue weighted by Gasteiger charge is 2.14. The van der Waals surface area contributed by atoms with Crippen LogP contribution in [0.15, 0.2) is 23.1 Å². The van der Waals surface area contributed by atoms with Gasteiger partial charge in [-0.05, 0) is 6.07 Å². The number of anilines is 1. The van der Waals surface area contributed by atoms with E-state index < -0.39 is 11.9 Å². The van der Waals surface area contributed by atoms with Crippen LogP contribution in [-0.4, -0.2) is 33.8 Å². The Kier molecular flexibility index (Phi) is 3.89. The first-order chi connectivity index (χ1) is 9.51. The van der Waals surface area contributed by atoms with E-state index in [-0.39, 0.29) is 21.3 Å². The average molecular weight is 294 g/mol. The van der Waals surface area contributed by atoms with E-state index in [0.717, 1.165) is 16.0 Å². The second-order valence-corrected chi connectivity index (χ2v) is 4.69. The molecule has 0 aliphatic rings. The maximum absolute atomic E-state index is 11.9. The Labute approximate surface area is 117 Å². The number of aromatic nitrogens is 3. The van der Waals surface area contributed by atoms with Gasteiger partial charge in [-0.2, -0.15) is 5.10 Å². The molecule has 2 heterocycles. The maximum Gasteiger partial charge on any atom is 0.349 e. The summed E-state index contributed by atoms with van der Waals surface area (Å²) in [5.74, 6) is -1.05. The van der Waals surface area contributed by atoms with E-state index in [2.05, 4.69) is 20.1 Å². The van der Waals surface area contributed by atoms with Crippen molar-refractivity contribution < 1.29 is 14.3 Å². The van der Waals surface area contributed by atoms with Gasteiger partial charge in [0, 0.05) is 13.1 Å². The van der Waals surface area contributed by atoms with E-state index in [9.17, 15) is 14.4 Å². The fraction of sp³-hybridized carbons (Fsp3) is 0.182. The van der Waals surface area contributed by atoms with Gasteiger partial charge in [-0.15, -0.1) is 0 Å². The molecule has 0 aliphatic heterocycles. The number of nitrogens with zero attached hydrogens (tertiary/aromatic N) is 3. The summed E-state index contributed by atoms with van der Waals surface area (Å²) >= 11 is 0.982. The molecule has 0 atom stereocenters. The minimum absolute atomic E-state index is 0.0712. The molecular weight excluding hydrogens is 284 g/mol. The van der Waals surface area contributed by atoms with Crippen molar-refractivity contribution in [2.75, 3.05) is 12.4 Å². The molecule has 8 nitrogen and oxygen atoms in total. The lowest BCUT2D eigenvalue weighted by molar-refractivity contribution is 0.0606. The number of ether oxygens (including phenoxy) is 1. The molecule has 2 aromatic rings. The van der Waals surface area contributed by atoms with Gasteiger partial charge >= 0.3 is 5.97 Å². The molecule has 0 unspecified atom stereocenters. The Bertz CT molecular complexity index is 721. The fourth-order valence-electron chi connectivity index (χ4n) is 1.31. The molecule has 9 heteroatoms. The molecule has 0 aliphatic carbocycles. The van der Waals surface area contributed by atoms with E-state index in [0.29, 0.717) is 0 Å². The Morgan fingerprint density at radius 1 is 1.40 bits per heavy atom. The van der Waals surface area contributed by atoms with Crippen LogP contribution in [0.25, 0.3) is 0 Å². The third-order valence-electron chi connectivity index (χ3n) is 2.31. The lowest BCUT2D eigenvalue weighted by Crippen LogP contribution is -2.23. The maximum atomic E-state index is 11.9. The first-order valence-corrected chi connectivity index (χ1v) is 6.23. The van der Waals surface area contributed by atoms with Crippen LogP contribution in [-0.2, 0) is 11.8 Å². The van der Waals surface area contributed by atoms with Crippen LogP contribution < -0.4 is 10.9 Å². The summed E-state index contributed by atoms with van der Waals surface area (Å²) in [6, 6.07) is 2.55. The average Bonchev–Trinajstić information content (AvgIpc) is 2.89. The fourth-order valence-corrected chi connectivity index (χ4v) is 2.04. The number of aryl methyl sites for hydroxylation is 1. The standard InChI is InChI=1S/C11H10N4O4S/c1-15-8(16)4-3-6(14-15)9(17)13-11-12-5-7(20-11)10(18)19-2/h3-5H,1-2H3,(H,12,13,17). The lowest BCUT2D eigenvalue weighted by atomic mass is 10.4.